The van der Waals surface area contributed by atoms with Crippen molar-refractivity contribution in [2.75, 3.05) is 28.6 Å². The van der Waals surface area contributed by atoms with Crippen molar-refractivity contribution < 1.29 is 31.1 Å². The van der Waals surface area contributed by atoms with Gasteiger partial charge in [-0.2, -0.15) is 0 Å². The first-order chi connectivity index (χ1) is 22.1. The van der Waals surface area contributed by atoms with Crippen LogP contribution >= 0.6 is 0 Å². The molecular formula is C34H31N3O7S2. The number of benzene rings is 5. The molecule has 236 valence electrons. The molecule has 10 nitrogen and oxygen atoms in total. The molecule has 0 aromatic heterocycles. The third-order valence-corrected chi connectivity index (χ3v) is 10.1. The number of hydrogen-bond donors (Lipinski definition) is 2. The molecule has 5 aromatic rings. The van der Waals surface area contributed by atoms with Crippen LogP contribution in [0.1, 0.15) is 15.9 Å². The van der Waals surface area contributed by atoms with E-state index in [1.54, 1.807) is 48.5 Å². The van der Waals surface area contributed by atoms with Crippen molar-refractivity contribution in [3.8, 4) is 11.5 Å². The van der Waals surface area contributed by atoms with Crippen LogP contribution in [0.4, 0.5) is 17.1 Å². The van der Waals surface area contributed by atoms with Crippen molar-refractivity contribution in [1.82, 2.24) is 0 Å². The number of para-hydroxylation sites is 1. The lowest BCUT2D eigenvalue weighted by Crippen LogP contribution is -2.32. The fourth-order valence-electron chi connectivity index (χ4n) is 4.67. The number of nitrogens with zero attached hydrogens (tertiary/aromatic N) is 1. The zero-order valence-electron chi connectivity index (χ0n) is 25.0. The van der Waals surface area contributed by atoms with Crippen LogP contribution in [0.2, 0.25) is 0 Å². The van der Waals surface area contributed by atoms with Gasteiger partial charge in [0.1, 0.15) is 11.5 Å². The summed E-state index contributed by atoms with van der Waals surface area (Å²) in [5.41, 5.74) is 1.53. The second-order valence-electron chi connectivity index (χ2n) is 9.98. The topological polar surface area (TPSA) is 131 Å². The summed E-state index contributed by atoms with van der Waals surface area (Å²) in [6.45, 7) is -0.0139. The third kappa shape index (κ3) is 7.14. The molecule has 0 bridgehead atoms. The third-order valence-electron chi connectivity index (χ3n) is 6.99. The predicted octanol–water partition coefficient (Wildman–Crippen LogP) is 6.15. The molecule has 46 heavy (non-hydrogen) atoms. The number of rotatable bonds is 12. The monoisotopic (exact) mass is 657 g/mol. The van der Waals surface area contributed by atoms with E-state index in [9.17, 15) is 21.6 Å². The maximum atomic E-state index is 13.9. The van der Waals surface area contributed by atoms with E-state index < -0.39 is 26.0 Å². The number of hydrogen-bond acceptors (Lipinski definition) is 7. The molecule has 0 saturated heterocycles. The summed E-state index contributed by atoms with van der Waals surface area (Å²) < 4.78 is 68.3. The number of carbonyl (C=O) groups is 1. The molecule has 0 heterocycles. The smallest absolute Gasteiger partial charge is 0.264 e. The zero-order valence-corrected chi connectivity index (χ0v) is 26.6. The van der Waals surface area contributed by atoms with Crippen LogP contribution in [0.3, 0.4) is 0 Å². The highest BCUT2D eigenvalue weighted by Crippen LogP contribution is 2.32. The van der Waals surface area contributed by atoms with Crippen molar-refractivity contribution in [3.05, 3.63) is 139 Å². The van der Waals surface area contributed by atoms with Gasteiger partial charge in [0.25, 0.3) is 26.0 Å². The summed E-state index contributed by atoms with van der Waals surface area (Å²) in [5, 5.41) is 2.76. The molecule has 0 aliphatic heterocycles. The predicted molar refractivity (Wildman–Crippen MR) is 177 cm³/mol. The van der Waals surface area contributed by atoms with E-state index >= 15 is 0 Å². The molecule has 5 aromatic carbocycles. The summed E-state index contributed by atoms with van der Waals surface area (Å²) in [4.78, 5) is 13.6. The Hall–Kier alpha value is -5.33. The molecule has 5 rings (SSSR count). The Bertz CT molecular complexity index is 2040. The molecule has 0 aliphatic carbocycles. The molecule has 0 fully saturated rings. The van der Waals surface area contributed by atoms with Gasteiger partial charge in [0.2, 0.25) is 0 Å². The molecule has 0 spiro atoms. The van der Waals surface area contributed by atoms with E-state index in [-0.39, 0.29) is 33.3 Å². The summed E-state index contributed by atoms with van der Waals surface area (Å²) >= 11 is 0. The van der Waals surface area contributed by atoms with Crippen molar-refractivity contribution in [2.24, 2.45) is 0 Å². The van der Waals surface area contributed by atoms with Crippen molar-refractivity contribution in [2.45, 2.75) is 16.3 Å². The lowest BCUT2D eigenvalue weighted by molar-refractivity contribution is 0.102. The lowest BCUT2D eigenvalue weighted by atomic mass is 10.1. The highest BCUT2D eigenvalue weighted by molar-refractivity contribution is 7.93. The van der Waals surface area contributed by atoms with Gasteiger partial charge in [-0.3, -0.25) is 13.8 Å². The Morgan fingerprint density at radius 2 is 1.33 bits per heavy atom. The Morgan fingerprint density at radius 3 is 1.98 bits per heavy atom. The van der Waals surface area contributed by atoms with Gasteiger partial charge in [-0.05, 0) is 66.2 Å². The number of ether oxygens (including phenoxy) is 2. The minimum absolute atomic E-state index is 0.0139. The summed E-state index contributed by atoms with van der Waals surface area (Å²) in [6.07, 6.45) is 0. The maximum absolute atomic E-state index is 13.9. The summed E-state index contributed by atoms with van der Waals surface area (Å²) in [6, 6.07) is 33.8. The van der Waals surface area contributed by atoms with Crippen molar-refractivity contribution in [3.63, 3.8) is 0 Å². The highest BCUT2D eigenvalue weighted by atomic mass is 32.2. The van der Waals surface area contributed by atoms with Gasteiger partial charge >= 0.3 is 0 Å². The Morgan fingerprint density at radius 1 is 0.696 bits per heavy atom. The maximum Gasteiger partial charge on any atom is 0.264 e. The van der Waals surface area contributed by atoms with Gasteiger partial charge in [-0.15, -0.1) is 0 Å². The fraction of sp³-hybridized carbons (Fsp3) is 0.0882. The SMILES string of the molecule is COc1ccc(OC)c(NS(=O)(=O)c2ccc(NC(=O)c3ccccc3N(Cc3ccccc3)S(=O)(=O)c3ccccc3)cc2)c1. The van der Waals surface area contributed by atoms with Gasteiger partial charge in [0, 0.05) is 11.8 Å². The molecule has 1 amide bonds. The van der Waals surface area contributed by atoms with Gasteiger partial charge in [-0.1, -0.05) is 60.7 Å². The lowest BCUT2D eigenvalue weighted by Gasteiger charge is -2.26. The largest absolute Gasteiger partial charge is 0.497 e. The first kappa shape index (κ1) is 32.1. The molecule has 0 atom stereocenters. The molecule has 0 unspecified atom stereocenters. The molecule has 12 heteroatoms. The van der Waals surface area contributed by atoms with Crippen LogP contribution in [0.15, 0.2) is 137 Å². The second kappa shape index (κ2) is 13.8. The number of anilines is 3. The van der Waals surface area contributed by atoms with Crippen LogP contribution in [0.25, 0.3) is 0 Å². The Kier molecular flexibility index (Phi) is 9.59. The number of carbonyl (C=O) groups excluding carboxylic acids is 1. The molecule has 0 saturated carbocycles. The number of amides is 1. The molecule has 2 N–H and O–H groups in total. The van der Waals surface area contributed by atoms with Gasteiger partial charge in [0.05, 0.1) is 47.5 Å². The van der Waals surface area contributed by atoms with Crippen LogP contribution in [0, 0.1) is 0 Å². The highest BCUT2D eigenvalue weighted by Gasteiger charge is 2.28. The summed E-state index contributed by atoms with van der Waals surface area (Å²) in [5.74, 6) is 0.171. The van der Waals surface area contributed by atoms with E-state index in [0.29, 0.717) is 17.2 Å². The van der Waals surface area contributed by atoms with E-state index in [0.717, 1.165) is 5.56 Å². The van der Waals surface area contributed by atoms with Gasteiger partial charge in [-0.25, -0.2) is 16.8 Å². The molecular weight excluding hydrogens is 627 g/mol. The number of nitrogens with one attached hydrogen (secondary N) is 2. The first-order valence-electron chi connectivity index (χ1n) is 14.0. The first-order valence-corrected chi connectivity index (χ1v) is 16.9. The minimum atomic E-state index is -4.08. The van der Waals surface area contributed by atoms with Gasteiger partial charge in [0.15, 0.2) is 0 Å². The minimum Gasteiger partial charge on any atom is -0.497 e. The van der Waals surface area contributed by atoms with Crippen molar-refractivity contribution >= 4 is 43.0 Å². The number of methoxy groups -OCH3 is 2. The van der Waals surface area contributed by atoms with Crippen LogP contribution in [-0.2, 0) is 26.6 Å². The zero-order chi connectivity index (χ0) is 32.7. The van der Waals surface area contributed by atoms with Crippen molar-refractivity contribution in [1.29, 1.82) is 0 Å². The molecule has 0 radical (unpaired) electrons. The quantitative estimate of drug-likeness (QED) is 0.165. The van der Waals surface area contributed by atoms with Gasteiger partial charge < -0.3 is 14.8 Å². The van der Waals surface area contributed by atoms with Crippen LogP contribution in [-0.4, -0.2) is 37.0 Å². The van der Waals surface area contributed by atoms with Crippen LogP contribution < -0.4 is 23.8 Å². The average Bonchev–Trinajstić information content (AvgIpc) is 3.08. The average molecular weight is 658 g/mol. The second-order valence-corrected chi connectivity index (χ2v) is 13.5. The van der Waals surface area contributed by atoms with Crippen LogP contribution in [0.5, 0.6) is 11.5 Å². The normalized spacial score (nSPS) is 11.3. The van der Waals surface area contributed by atoms with E-state index in [4.69, 9.17) is 9.47 Å². The van der Waals surface area contributed by atoms with E-state index in [1.807, 2.05) is 30.3 Å². The summed E-state index contributed by atoms with van der Waals surface area (Å²) in [7, 11) is -5.22. The fourth-order valence-corrected chi connectivity index (χ4v) is 7.22. The Balaban J connectivity index is 1.42. The molecule has 0 aliphatic rings. The standard InChI is InChI=1S/C34H31N3O7S2/c1-43-27-19-22-33(44-2)31(23-27)36-45(39,40)28-20-17-26(18-21-28)35-34(38)30-15-9-10-16-32(30)37(24-25-11-5-3-6-12-25)46(41,42)29-13-7-4-8-14-29/h3-23,36H,24H2,1-2H3,(H,35,38). The van der Waals surface area contributed by atoms with E-state index in [1.165, 1.54) is 67.1 Å². The van der Waals surface area contributed by atoms with E-state index in [2.05, 4.69) is 10.0 Å². The Labute approximate surface area is 268 Å². The number of sulfonamides is 2.